The zero-order valence-corrected chi connectivity index (χ0v) is 24.9. The molecule has 3 rings (SSSR count). The zero-order chi connectivity index (χ0) is 30.4. The summed E-state index contributed by atoms with van der Waals surface area (Å²) in [6.07, 6.45) is 8.51. The van der Waals surface area contributed by atoms with E-state index in [4.69, 9.17) is 4.74 Å². The van der Waals surface area contributed by atoms with Gasteiger partial charge in [0.25, 0.3) is 5.69 Å². The molecule has 0 radical (unpaired) electrons. The standard InChI is InChI=1S/C28H42N4O6.C3H6/c1-4-13-31(28(35)38-19-21-6-9-25(10-7-21)32(36)37)24-11-14-30(15-12-24)18-22-5-8-23(17-22)29-26(27(33)34)16-20(2)3;1-3-2/h4,6-7,9-10,20,22-24,26,29H,1,5,8,11-19H2,2-3H3,(H,33,34);3H,1H2,2H3/t22-,23?,26?;/m1./s1. The number of carbonyl (C=O) groups excluding carboxylic acids is 1. The van der Waals surface area contributed by atoms with E-state index in [1.54, 1.807) is 29.2 Å². The summed E-state index contributed by atoms with van der Waals surface area (Å²) in [6.45, 7) is 16.4. The average molecular weight is 573 g/mol. The number of hydrogen-bond acceptors (Lipinski definition) is 7. The maximum Gasteiger partial charge on any atom is 0.410 e. The number of carboxylic acids is 1. The molecule has 1 heterocycles. The lowest BCUT2D eigenvalue weighted by Crippen LogP contribution is -2.48. The van der Waals surface area contributed by atoms with Crippen molar-refractivity contribution in [3.63, 3.8) is 0 Å². The Kier molecular flexibility index (Phi) is 14.5. The van der Waals surface area contributed by atoms with Crippen molar-refractivity contribution in [3.05, 3.63) is 65.3 Å². The number of carboxylic acid groups (broad SMARTS) is 1. The van der Waals surface area contributed by atoms with Gasteiger partial charge in [-0.3, -0.25) is 14.9 Å². The minimum atomic E-state index is -0.764. The molecule has 1 aromatic carbocycles. The smallest absolute Gasteiger partial charge is 0.410 e. The molecule has 0 bridgehead atoms. The summed E-state index contributed by atoms with van der Waals surface area (Å²) in [5, 5.41) is 23.7. The van der Waals surface area contributed by atoms with E-state index in [2.05, 4.69) is 23.4 Å². The average Bonchev–Trinajstić information content (AvgIpc) is 3.37. The number of ether oxygens (including phenoxy) is 1. The Morgan fingerprint density at radius 1 is 1.20 bits per heavy atom. The van der Waals surface area contributed by atoms with Crippen molar-refractivity contribution in [1.82, 2.24) is 15.1 Å². The van der Waals surface area contributed by atoms with Gasteiger partial charge in [0, 0.05) is 50.4 Å². The summed E-state index contributed by atoms with van der Waals surface area (Å²) < 4.78 is 5.52. The number of carbonyl (C=O) groups is 2. The van der Waals surface area contributed by atoms with E-state index in [9.17, 15) is 24.8 Å². The molecule has 1 aromatic rings. The van der Waals surface area contributed by atoms with Crippen LogP contribution in [0.5, 0.6) is 0 Å². The number of nitrogens with one attached hydrogen (secondary N) is 1. The highest BCUT2D eigenvalue weighted by Crippen LogP contribution is 2.29. The molecule has 0 aromatic heterocycles. The molecule has 228 valence electrons. The van der Waals surface area contributed by atoms with Crippen LogP contribution in [0, 0.1) is 22.0 Å². The lowest BCUT2D eigenvalue weighted by molar-refractivity contribution is -0.384. The number of hydrogen-bond donors (Lipinski definition) is 2. The molecule has 2 N–H and O–H groups in total. The van der Waals surface area contributed by atoms with Gasteiger partial charge in [-0.15, -0.1) is 13.2 Å². The van der Waals surface area contributed by atoms with Crippen LogP contribution in [0.15, 0.2) is 49.6 Å². The van der Waals surface area contributed by atoms with Gasteiger partial charge in [-0.1, -0.05) is 26.0 Å². The predicted octanol–water partition coefficient (Wildman–Crippen LogP) is 5.63. The lowest BCUT2D eigenvalue weighted by Gasteiger charge is -2.38. The minimum absolute atomic E-state index is 0.0000835. The fourth-order valence-electron chi connectivity index (χ4n) is 5.62. The maximum absolute atomic E-state index is 12.9. The second kappa shape index (κ2) is 17.5. The topological polar surface area (TPSA) is 125 Å². The molecule has 0 spiro atoms. The Hall–Kier alpha value is -3.24. The monoisotopic (exact) mass is 572 g/mol. The number of piperidine rings is 1. The normalized spacial score (nSPS) is 20.0. The van der Waals surface area contributed by atoms with Crippen LogP contribution in [0.25, 0.3) is 0 Å². The number of aliphatic carboxylic acids is 1. The summed E-state index contributed by atoms with van der Waals surface area (Å²) in [5.41, 5.74) is 0.695. The van der Waals surface area contributed by atoms with Gasteiger partial charge in [0.1, 0.15) is 12.6 Å². The first kappa shape index (κ1) is 34.0. The van der Waals surface area contributed by atoms with Gasteiger partial charge in [0.2, 0.25) is 0 Å². The third-order valence-electron chi connectivity index (χ3n) is 7.57. The van der Waals surface area contributed by atoms with E-state index >= 15 is 0 Å². The molecule has 1 saturated heterocycles. The number of nitro benzene ring substituents is 1. The van der Waals surface area contributed by atoms with Crippen molar-refractivity contribution in [3.8, 4) is 0 Å². The predicted molar refractivity (Wildman–Crippen MR) is 161 cm³/mol. The number of benzene rings is 1. The number of non-ortho nitro benzene ring substituents is 1. The number of amides is 1. The van der Waals surface area contributed by atoms with Gasteiger partial charge < -0.3 is 25.0 Å². The van der Waals surface area contributed by atoms with E-state index in [1.165, 1.54) is 12.1 Å². The molecule has 1 aliphatic heterocycles. The zero-order valence-electron chi connectivity index (χ0n) is 24.9. The van der Waals surface area contributed by atoms with Gasteiger partial charge in [0.05, 0.1) is 4.92 Å². The molecule has 10 nitrogen and oxygen atoms in total. The van der Waals surface area contributed by atoms with Crippen LogP contribution in [0.1, 0.15) is 64.9 Å². The molecule has 1 aliphatic carbocycles. The molecule has 2 fully saturated rings. The van der Waals surface area contributed by atoms with Crippen molar-refractivity contribution in [2.45, 2.75) is 84.0 Å². The first-order valence-corrected chi connectivity index (χ1v) is 14.6. The Morgan fingerprint density at radius 3 is 2.37 bits per heavy atom. The van der Waals surface area contributed by atoms with Crippen molar-refractivity contribution in [2.75, 3.05) is 26.2 Å². The van der Waals surface area contributed by atoms with Gasteiger partial charge in [-0.2, -0.15) is 0 Å². The highest BCUT2D eigenvalue weighted by Gasteiger charge is 2.33. The van der Waals surface area contributed by atoms with Crippen molar-refractivity contribution < 1.29 is 24.4 Å². The van der Waals surface area contributed by atoms with Crippen molar-refractivity contribution in [1.29, 1.82) is 0 Å². The van der Waals surface area contributed by atoms with E-state index in [-0.39, 0.29) is 24.4 Å². The number of rotatable bonds is 13. The Labute approximate surface area is 244 Å². The number of likely N-dealkylation sites (tertiary alicyclic amines) is 1. The Morgan fingerprint density at radius 2 is 1.83 bits per heavy atom. The van der Waals surface area contributed by atoms with Crippen LogP contribution in [0.2, 0.25) is 0 Å². The third kappa shape index (κ3) is 11.6. The van der Waals surface area contributed by atoms with Gasteiger partial charge in [-0.05, 0) is 75.0 Å². The van der Waals surface area contributed by atoms with Gasteiger partial charge in [-0.25, -0.2) is 4.79 Å². The molecular weight excluding hydrogens is 524 g/mol. The quantitative estimate of drug-likeness (QED) is 0.177. The Balaban J connectivity index is 0.00000187. The molecule has 3 atom stereocenters. The second-order valence-corrected chi connectivity index (χ2v) is 11.4. The summed E-state index contributed by atoms with van der Waals surface area (Å²) >= 11 is 0. The molecule has 2 unspecified atom stereocenters. The van der Waals surface area contributed by atoms with E-state index < -0.39 is 23.0 Å². The van der Waals surface area contributed by atoms with E-state index in [1.807, 2.05) is 20.8 Å². The van der Waals surface area contributed by atoms with Crippen LogP contribution in [0.4, 0.5) is 10.5 Å². The minimum Gasteiger partial charge on any atom is -0.480 e. The van der Waals surface area contributed by atoms with Gasteiger partial charge >= 0.3 is 12.1 Å². The fraction of sp³-hybridized carbons (Fsp3) is 0.613. The maximum atomic E-state index is 12.9. The first-order chi connectivity index (χ1) is 19.6. The third-order valence-corrected chi connectivity index (χ3v) is 7.57. The van der Waals surface area contributed by atoms with E-state index in [0.29, 0.717) is 30.4 Å². The van der Waals surface area contributed by atoms with Crippen LogP contribution in [0.3, 0.4) is 0 Å². The largest absolute Gasteiger partial charge is 0.480 e. The molecule has 1 amide bonds. The van der Waals surface area contributed by atoms with Gasteiger partial charge in [0.15, 0.2) is 0 Å². The van der Waals surface area contributed by atoms with Crippen LogP contribution >= 0.6 is 0 Å². The summed E-state index contributed by atoms with van der Waals surface area (Å²) in [4.78, 5) is 39.0. The number of nitro groups is 1. The molecule has 10 heteroatoms. The summed E-state index contributed by atoms with van der Waals surface area (Å²) in [6, 6.07) is 5.84. The second-order valence-electron chi connectivity index (χ2n) is 11.4. The molecular formula is C31H48N4O6. The summed E-state index contributed by atoms with van der Waals surface area (Å²) in [5.74, 6) is 0.121. The first-order valence-electron chi connectivity index (χ1n) is 14.6. The lowest BCUT2D eigenvalue weighted by atomic mass is 10.00. The SMILES string of the molecule is C=CC.C=CCN(C(=O)OCc1ccc([N+](=O)[O-])cc1)C1CCN(C[C@@H]2CCC(NC(CC(C)C)C(=O)O)C2)CC1. The molecule has 41 heavy (non-hydrogen) atoms. The van der Waals surface area contributed by atoms with Crippen LogP contribution < -0.4 is 5.32 Å². The number of allylic oxidation sites excluding steroid dienone is 1. The Bertz CT molecular complexity index is 991. The fourth-order valence-corrected chi connectivity index (χ4v) is 5.62. The molecule has 1 saturated carbocycles. The van der Waals surface area contributed by atoms with Crippen molar-refractivity contribution in [2.24, 2.45) is 11.8 Å². The van der Waals surface area contributed by atoms with Crippen molar-refractivity contribution >= 4 is 17.7 Å². The molecule has 2 aliphatic rings. The highest BCUT2D eigenvalue weighted by atomic mass is 16.6. The number of nitrogens with zero attached hydrogens (tertiary/aromatic N) is 3. The highest BCUT2D eigenvalue weighted by molar-refractivity contribution is 5.73. The van der Waals surface area contributed by atoms with Crippen LogP contribution in [-0.4, -0.2) is 76.2 Å². The summed E-state index contributed by atoms with van der Waals surface area (Å²) in [7, 11) is 0. The van der Waals surface area contributed by atoms with Crippen LogP contribution in [-0.2, 0) is 16.1 Å². The van der Waals surface area contributed by atoms with E-state index in [0.717, 1.165) is 51.7 Å².